The van der Waals surface area contributed by atoms with Crippen LogP contribution in [0.3, 0.4) is 0 Å². The van der Waals surface area contributed by atoms with E-state index in [2.05, 4.69) is 35.9 Å². The molecule has 0 fully saturated rings. The number of azo groups is 2. The predicted molar refractivity (Wildman–Crippen MR) is 235 cm³/mol. The molecular weight excluding hydrogens is 893 g/mol. The third-order valence-corrected chi connectivity index (χ3v) is 10.3. The molecule has 2 amide bonds. The van der Waals surface area contributed by atoms with Crippen molar-refractivity contribution in [1.29, 1.82) is 5.26 Å². The molecule has 3 aromatic carbocycles. The Kier molecular flexibility index (Phi) is 14.7. The van der Waals surface area contributed by atoms with Crippen LogP contribution in [0, 0.1) is 45.6 Å². The summed E-state index contributed by atoms with van der Waals surface area (Å²) in [5.74, 6) is -10.3. The van der Waals surface area contributed by atoms with Gasteiger partial charge in [0.25, 0.3) is 22.9 Å². The van der Waals surface area contributed by atoms with Crippen molar-refractivity contribution in [2.45, 2.75) is 40.8 Å². The van der Waals surface area contributed by atoms with Crippen LogP contribution in [0.5, 0.6) is 11.8 Å². The number of aryl methyl sites for hydroxylation is 2. The summed E-state index contributed by atoms with van der Waals surface area (Å²) < 4.78 is 1.29. The summed E-state index contributed by atoms with van der Waals surface area (Å²) in [5.41, 5.74) is -7.10. The minimum absolute atomic E-state index is 0.0864. The summed E-state index contributed by atoms with van der Waals surface area (Å²) in [7, 11) is 0. The van der Waals surface area contributed by atoms with Crippen LogP contribution in [-0.2, 0) is 13.1 Å². The number of carboxylic acid groups (broad SMARTS) is 4. The molecule has 68 heavy (non-hydrogen) atoms. The van der Waals surface area contributed by atoms with E-state index in [1.54, 1.807) is 32.0 Å². The van der Waals surface area contributed by atoms with Crippen molar-refractivity contribution in [3.8, 4) is 17.8 Å². The fraction of sp³-hybridized carbons (Fsp3) is 0.182. The Hall–Kier alpha value is -9.84. The molecule has 346 valence electrons. The van der Waals surface area contributed by atoms with Crippen LogP contribution in [0.2, 0.25) is 0 Å². The molecule has 0 spiro atoms. The number of nitrogens with one attached hydrogen (secondary N) is 2. The number of nitriles is 1. The zero-order valence-corrected chi connectivity index (χ0v) is 36.0. The highest BCUT2D eigenvalue weighted by atomic mass is 16.4. The Bertz CT molecular complexity index is 3070. The number of carbonyl (C=O) groups is 6. The summed E-state index contributed by atoms with van der Waals surface area (Å²) in [4.78, 5) is 106. The second-order valence-corrected chi connectivity index (χ2v) is 14.5. The highest BCUT2D eigenvalue weighted by Crippen LogP contribution is 2.36. The van der Waals surface area contributed by atoms with Crippen molar-refractivity contribution < 1.29 is 59.4 Å². The lowest BCUT2D eigenvalue weighted by molar-refractivity contribution is 0.0675. The predicted octanol–water partition coefficient (Wildman–Crippen LogP) is 5.56. The quantitative estimate of drug-likeness (QED) is 0.0443. The van der Waals surface area contributed by atoms with Gasteiger partial charge in [-0.2, -0.15) is 5.26 Å². The molecule has 0 unspecified atom stereocenters. The number of pyridine rings is 2. The number of aromatic nitrogens is 2. The van der Waals surface area contributed by atoms with E-state index in [1.165, 1.54) is 38.1 Å². The van der Waals surface area contributed by atoms with Crippen molar-refractivity contribution in [3.63, 3.8) is 0 Å². The van der Waals surface area contributed by atoms with Crippen LogP contribution >= 0.6 is 0 Å². The minimum atomic E-state index is -1.78. The Balaban J connectivity index is 1.39. The molecule has 0 saturated carbocycles. The van der Waals surface area contributed by atoms with Gasteiger partial charge in [0, 0.05) is 31.7 Å². The van der Waals surface area contributed by atoms with E-state index in [1.807, 2.05) is 0 Å². The maximum absolute atomic E-state index is 13.5. The van der Waals surface area contributed by atoms with Crippen LogP contribution in [0.15, 0.2) is 78.6 Å². The van der Waals surface area contributed by atoms with Gasteiger partial charge in [-0.25, -0.2) is 24.0 Å². The van der Waals surface area contributed by atoms with Crippen molar-refractivity contribution in [2.24, 2.45) is 20.5 Å². The van der Waals surface area contributed by atoms with Gasteiger partial charge in [-0.3, -0.25) is 28.3 Å². The normalized spacial score (nSPS) is 11.0. The molecule has 0 atom stereocenters. The molecule has 0 aliphatic carbocycles. The topological polar surface area (TPSA) is 369 Å². The minimum Gasteiger partial charge on any atom is -0.503 e. The first-order valence-corrected chi connectivity index (χ1v) is 19.6. The summed E-state index contributed by atoms with van der Waals surface area (Å²) in [6.07, 6.45) is 0. The van der Waals surface area contributed by atoms with Gasteiger partial charge in [-0.05, 0) is 68.7 Å². The first-order valence-electron chi connectivity index (χ1n) is 19.6. The van der Waals surface area contributed by atoms with Gasteiger partial charge in [-0.1, -0.05) is 24.3 Å². The molecule has 0 aliphatic rings. The molecule has 5 aromatic rings. The van der Waals surface area contributed by atoms with Gasteiger partial charge in [0.1, 0.15) is 28.7 Å². The Morgan fingerprint density at radius 1 is 0.603 bits per heavy atom. The van der Waals surface area contributed by atoms with Gasteiger partial charge in [0.2, 0.25) is 11.6 Å². The van der Waals surface area contributed by atoms with Gasteiger partial charge >= 0.3 is 23.9 Å². The zero-order chi connectivity index (χ0) is 50.3. The van der Waals surface area contributed by atoms with Crippen molar-refractivity contribution in [2.75, 3.05) is 13.1 Å². The Labute approximate surface area is 381 Å². The fourth-order valence-corrected chi connectivity index (χ4v) is 6.73. The van der Waals surface area contributed by atoms with Crippen LogP contribution in [0.4, 0.5) is 28.4 Å². The van der Waals surface area contributed by atoms with E-state index in [0.717, 1.165) is 0 Å². The lowest BCUT2D eigenvalue weighted by Crippen LogP contribution is -2.34. The third-order valence-electron chi connectivity index (χ3n) is 10.3. The lowest BCUT2D eigenvalue weighted by Gasteiger charge is -2.16. The number of nitrogens with zero attached hydrogens (tertiary/aromatic N) is 8. The van der Waals surface area contributed by atoms with E-state index in [9.17, 15) is 74.3 Å². The van der Waals surface area contributed by atoms with Crippen LogP contribution in [0.25, 0.3) is 4.85 Å². The standard InChI is InChI=1S/C44H36N10O14/c1-19-8-6-10-23(41(61)62)30(19)49-51-33-21(3)29(18-45)37(57)53(39(33)59)14-12-47-35(55)25-16-28(44(67)68)26(17-27(25)43(65)66)36(56)48-13-15-54-38(58)32(46-5)22(4)34(40(54)60)52-50-31-20(2)9-7-11-24(31)42(63)64/h6-11,16-17,57-58H,12-15H2,1-4H3,(H,47,55)(H,48,56)(H,61,62)(H,63,64)(H,65,66)(H,67,68). The van der Waals surface area contributed by atoms with E-state index in [0.29, 0.717) is 32.4 Å². The van der Waals surface area contributed by atoms with Crippen LogP contribution < -0.4 is 21.8 Å². The number of benzene rings is 3. The van der Waals surface area contributed by atoms with Gasteiger partial charge in [0.15, 0.2) is 11.6 Å². The largest absolute Gasteiger partial charge is 0.503 e. The molecule has 2 aromatic heterocycles. The SMILES string of the molecule is [C-]#[N+]c1c(C)c(N=Nc2c(C)cccc2C(=O)O)c(=O)n(CCNC(=O)c2cc(C(=O)O)c(C(=O)NCCn3c(O)c(C#N)c(C)c(N=Nc4c(C)cccc4C(=O)O)c3=O)cc2C(=O)O)c1O. The van der Waals surface area contributed by atoms with Crippen LogP contribution in [-0.4, -0.2) is 88.6 Å². The van der Waals surface area contributed by atoms with Crippen molar-refractivity contribution in [3.05, 3.63) is 142 Å². The maximum atomic E-state index is 13.5. The smallest absolute Gasteiger partial charge is 0.337 e. The number of aromatic hydroxyl groups is 2. The monoisotopic (exact) mass is 928 g/mol. The summed E-state index contributed by atoms with van der Waals surface area (Å²) in [6, 6.07) is 11.5. The summed E-state index contributed by atoms with van der Waals surface area (Å²) in [5, 5.41) is 91.0. The number of amides is 2. The van der Waals surface area contributed by atoms with Crippen LogP contribution in [0.1, 0.15) is 90.0 Å². The average Bonchev–Trinajstić information content (AvgIpc) is 3.28. The molecular formula is C44H36N10O14. The number of hydrogen-bond donors (Lipinski definition) is 8. The first kappa shape index (κ1) is 49.2. The Morgan fingerprint density at radius 3 is 1.37 bits per heavy atom. The summed E-state index contributed by atoms with van der Waals surface area (Å²) in [6.45, 7) is 11.0. The molecule has 5 rings (SSSR count). The van der Waals surface area contributed by atoms with E-state index in [-0.39, 0.29) is 33.6 Å². The average molecular weight is 929 g/mol. The first-order chi connectivity index (χ1) is 32.2. The number of carbonyl (C=O) groups excluding carboxylic acids is 2. The molecule has 8 N–H and O–H groups in total. The molecule has 2 heterocycles. The fourth-order valence-electron chi connectivity index (χ4n) is 6.73. The zero-order valence-electron chi connectivity index (χ0n) is 36.0. The lowest BCUT2D eigenvalue weighted by atomic mass is 9.97. The van der Waals surface area contributed by atoms with E-state index >= 15 is 0 Å². The van der Waals surface area contributed by atoms with Gasteiger partial charge < -0.3 is 41.3 Å². The molecule has 0 aliphatic heterocycles. The van der Waals surface area contributed by atoms with Crippen molar-refractivity contribution >= 4 is 64.1 Å². The van der Waals surface area contributed by atoms with Crippen molar-refractivity contribution in [1.82, 2.24) is 19.8 Å². The van der Waals surface area contributed by atoms with E-state index in [4.69, 9.17) is 6.57 Å². The number of carboxylic acids is 4. The molecule has 24 nitrogen and oxygen atoms in total. The van der Waals surface area contributed by atoms with Gasteiger partial charge in [-0.15, -0.1) is 20.5 Å². The number of rotatable bonds is 16. The maximum Gasteiger partial charge on any atom is 0.337 e. The van der Waals surface area contributed by atoms with E-state index < -0.39 is 130 Å². The summed E-state index contributed by atoms with van der Waals surface area (Å²) >= 11 is 0. The molecule has 0 saturated heterocycles. The third kappa shape index (κ3) is 9.78. The number of aromatic carboxylic acids is 4. The second kappa shape index (κ2) is 20.3. The number of hydrogen-bond acceptors (Lipinski definition) is 15. The Morgan fingerprint density at radius 2 is 0.985 bits per heavy atom. The molecule has 24 heteroatoms. The highest BCUT2D eigenvalue weighted by molar-refractivity contribution is 6.11. The molecule has 0 bridgehead atoms. The highest BCUT2D eigenvalue weighted by Gasteiger charge is 2.27. The second-order valence-electron chi connectivity index (χ2n) is 14.5. The molecule has 0 radical (unpaired) electrons. The van der Waals surface area contributed by atoms with Gasteiger partial charge in [0.05, 0.1) is 40.0 Å².